The highest BCUT2D eigenvalue weighted by molar-refractivity contribution is 5.83. The fraction of sp³-hybridized carbons (Fsp3) is 0.933. The molecule has 0 radical (unpaired) electrons. The van der Waals surface area contributed by atoms with Gasteiger partial charge in [0.2, 0.25) is 5.91 Å². The van der Waals surface area contributed by atoms with Gasteiger partial charge in [0.15, 0.2) is 0 Å². The summed E-state index contributed by atoms with van der Waals surface area (Å²) in [5.41, 5.74) is -0.383. The number of aliphatic hydroxyl groups excluding tert-OH is 1. The van der Waals surface area contributed by atoms with Crippen LogP contribution in [0.4, 0.5) is 0 Å². The highest BCUT2D eigenvalue weighted by Gasteiger charge is 2.44. The van der Waals surface area contributed by atoms with Crippen LogP contribution in [-0.2, 0) is 9.53 Å². The Morgan fingerprint density at radius 2 is 2.00 bits per heavy atom. The molecule has 0 aromatic heterocycles. The van der Waals surface area contributed by atoms with E-state index in [1.54, 1.807) is 0 Å². The average molecular weight is 269 g/mol. The molecule has 0 spiro atoms. The van der Waals surface area contributed by atoms with E-state index in [9.17, 15) is 9.90 Å². The number of carbonyl (C=O) groups is 1. The second kappa shape index (κ2) is 5.80. The Hall–Kier alpha value is -0.610. The predicted molar refractivity (Wildman–Crippen MR) is 73.7 cm³/mol. The SMILES string of the molecule is CC(C)(CNC(=O)C1(CO)CCC1)C1CCOCC1. The molecule has 0 bridgehead atoms. The number of rotatable bonds is 5. The minimum Gasteiger partial charge on any atom is -0.395 e. The van der Waals surface area contributed by atoms with Crippen LogP contribution < -0.4 is 5.32 Å². The van der Waals surface area contributed by atoms with Crippen molar-refractivity contribution in [3.63, 3.8) is 0 Å². The van der Waals surface area contributed by atoms with Crippen LogP contribution in [0, 0.1) is 16.7 Å². The van der Waals surface area contributed by atoms with Gasteiger partial charge in [0.25, 0.3) is 0 Å². The number of ether oxygens (including phenoxy) is 1. The van der Waals surface area contributed by atoms with Gasteiger partial charge >= 0.3 is 0 Å². The lowest BCUT2D eigenvalue weighted by Gasteiger charge is -2.41. The summed E-state index contributed by atoms with van der Waals surface area (Å²) in [5, 5.41) is 12.5. The fourth-order valence-corrected chi connectivity index (χ4v) is 3.18. The molecule has 4 nitrogen and oxygen atoms in total. The third-order valence-corrected chi connectivity index (χ3v) is 5.13. The Bertz CT molecular complexity index is 312. The zero-order valence-corrected chi connectivity index (χ0v) is 12.2. The Kier molecular flexibility index (Phi) is 4.51. The first-order chi connectivity index (χ1) is 9.00. The van der Waals surface area contributed by atoms with Crippen LogP contribution in [0.1, 0.15) is 46.0 Å². The van der Waals surface area contributed by atoms with Gasteiger partial charge in [-0.05, 0) is 37.0 Å². The quantitative estimate of drug-likeness (QED) is 0.799. The van der Waals surface area contributed by atoms with Gasteiger partial charge in [-0.1, -0.05) is 20.3 Å². The first-order valence-corrected chi connectivity index (χ1v) is 7.47. The third-order valence-electron chi connectivity index (χ3n) is 5.13. The van der Waals surface area contributed by atoms with Crippen molar-refractivity contribution in [2.45, 2.75) is 46.0 Å². The molecule has 1 saturated carbocycles. The average Bonchev–Trinajstić information content (AvgIpc) is 2.37. The third kappa shape index (κ3) is 3.11. The summed E-state index contributed by atoms with van der Waals surface area (Å²) in [6.45, 7) is 6.78. The molecule has 0 unspecified atom stereocenters. The molecule has 19 heavy (non-hydrogen) atoms. The standard InChI is InChI=1S/C15H27NO3/c1-14(2,12-4-8-19-9-5-12)10-16-13(18)15(11-17)6-3-7-15/h12,17H,3-11H2,1-2H3,(H,16,18). The van der Waals surface area contributed by atoms with Crippen LogP contribution in [-0.4, -0.2) is 37.4 Å². The molecule has 2 rings (SSSR count). The highest BCUT2D eigenvalue weighted by atomic mass is 16.5. The van der Waals surface area contributed by atoms with Crippen LogP contribution in [0.2, 0.25) is 0 Å². The van der Waals surface area contributed by atoms with Gasteiger partial charge < -0.3 is 15.2 Å². The molecule has 1 aliphatic heterocycles. The molecule has 1 saturated heterocycles. The largest absolute Gasteiger partial charge is 0.395 e. The van der Waals surface area contributed by atoms with E-state index >= 15 is 0 Å². The van der Waals surface area contributed by atoms with E-state index in [4.69, 9.17) is 4.74 Å². The summed E-state index contributed by atoms with van der Waals surface area (Å²) >= 11 is 0. The minimum absolute atomic E-state index is 0.0173. The molecule has 2 N–H and O–H groups in total. The smallest absolute Gasteiger partial charge is 0.228 e. The van der Waals surface area contributed by atoms with E-state index < -0.39 is 5.41 Å². The zero-order valence-electron chi connectivity index (χ0n) is 12.2. The van der Waals surface area contributed by atoms with Crippen molar-refractivity contribution < 1.29 is 14.6 Å². The van der Waals surface area contributed by atoms with Gasteiger partial charge in [0.05, 0.1) is 12.0 Å². The molecule has 0 atom stereocenters. The summed E-state index contributed by atoms with van der Waals surface area (Å²) in [7, 11) is 0. The van der Waals surface area contributed by atoms with Crippen LogP contribution in [0.15, 0.2) is 0 Å². The van der Waals surface area contributed by atoms with Gasteiger partial charge in [-0.2, -0.15) is 0 Å². The molecule has 1 aliphatic carbocycles. The molecule has 2 fully saturated rings. The van der Waals surface area contributed by atoms with Gasteiger partial charge in [0, 0.05) is 19.8 Å². The topological polar surface area (TPSA) is 58.6 Å². The Labute approximate surface area is 115 Å². The summed E-state index contributed by atoms with van der Waals surface area (Å²) in [5.74, 6) is 0.648. The maximum atomic E-state index is 12.2. The highest BCUT2D eigenvalue weighted by Crippen LogP contribution is 2.41. The number of hydrogen-bond acceptors (Lipinski definition) is 3. The van der Waals surface area contributed by atoms with E-state index in [0.29, 0.717) is 12.5 Å². The molecule has 2 aliphatic rings. The first-order valence-electron chi connectivity index (χ1n) is 7.47. The Balaban J connectivity index is 1.84. The summed E-state index contributed by atoms with van der Waals surface area (Å²) in [6.07, 6.45) is 4.86. The van der Waals surface area contributed by atoms with Crippen LogP contribution in [0.25, 0.3) is 0 Å². The predicted octanol–water partition coefficient (Wildman–Crippen LogP) is 1.72. The Morgan fingerprint density at radius 3 is 2.47 bits per heavy atom. The molecule has 110 valence electrons. The van der Waals surface area contributed by atoms with Gasteiger partial charge in [-0.3, -0.25) is 4.79 Å². The molecule has 1 heterocycles. The maximum Gasteiger partial charge on any atom is 0.228 e. The zero-order chi connectivity index (χ0) is 13.9. The lowest BCUT2D eigenvalue weighted by molar-refractivity contribution is -0.140. The van der Waals surface area contributed by atoms with Gasteiger partial charge in [-0.25, -0.2) is 0 Å². The summed E-state index contributed by atoms with van der Waals surface area (Å²) in [6, 6.07) is 0. The van der Waals surface area contributed by atoms with Crippen molar-refractivity contribution in [3.05, 3.63) is 0 Å². The van der Waals surface area contributed by atoms with E-state index in [0.717, 1.165) is 45.3 Å². The molecular weight excluding hydrogens is 242 g/mol. The van der Waals surface area contributed by atoms with Crippen molar-refractivity contribution in [1.82, 2.24) is 5.32 Å². The van der Waals surface area contributed by atoms with Crippen molar-refractivity contribution in [3.8, 4) is 0 Å². The first kappa shape index (κ1) is 14.8. The van der Waals surface area contributed by atoms with Crippen LogP contribution in [0.3, 0.4) is 0 Å². The van der Waals surface area contributed by atoms with E-state index in [1.807, 2.05) is 0 Å². The van der Waals surface area contributed by atoms with Crippen LogP contribution >= 0.6 is 0 Å². The second-order valence-corrected chi connectivity index (χ2v) is 6.85. The van der Waals surface area contributed by atoms with Crippen molar-refractivity contribution in [1.29, 1.82) is 0 Å². The minimum atomic E-state index is -0.480. The van der Waals surface area contributed by atoms with E-state index in [-0.39, 0.29) is 17.9 Å². The molecular formula is C15H27NO3. The summed E-state index contributed by atoms with van der Waals surface area (Å²) in [4.78, 5) is 12.2. The number of hydrogen-bond donors (Lipinski definition) is 2. The monoisotopic (exact) mass is 269 g/mol. The number of nitrogens with one attached hydrogen (secondary N) is 1. The van der Waals surface area contributed by atoms with Crippen molar-refractivity contribution in [2.24, 2.45) is 16.7 Å². The number of carbonyl (C=O) groups excluding carboxylic acids is 1. The van der Waals surface area contributed by atoms with Crippen LogP contribution in [0.5, 0.6) is 0 Å². The molecule has 4 heteroatoms. The van der Waals surface area contributed by atoms with Crippen molar-refractivity contribution in [2.75, 3.05) is 26.4 Å². The number of amides is 1. The molecule has 1 amide bonds. The number of aliphatic hydroxyl groups is 1. The van der Waals surface area contributed by atoms with E-state index in [1.165, 1.54) is 0 Å². The van der Waals surface area contributed by atoms with Crippen molar-refractivity contribution >= 4 is 5.91 Å². The normalized spacial score (nSPS) is 23.7. The fourth-order valence-electron chi connectivity index (χ4n) is 3.18. The van der Waals surface area contributed by atoms with Gasteiger partial charge in [0.1, 0.15) is 0 Å². The Morgan fingerprint density at radius 1 is 1.37 bits per heavy atom. The summed E-state index contributed by atoms with van der Waals surface area (Å²) < 4.78 is 5.40. The lowest BCUT2D eigenvalue weighted by atomic mass is 9.68. The lowest BCUT2D eigenvalue weighted by Crippen LogP contribution is -2.51. The maximum absolute atomic E-state index is 12.2. The van der Waals surface area contributed by atoms with Gasteiger partial charge in [-0.15, -0.1) is 0 Å². The molecule has 0 aromatic carbocycles. The van der Waals surface area contributed by atoms with E-state index in [2.05, 4.69) is 19.2 Å². The second-order valence-electron chi connectivity index (χ2n) is 6.85. The molecule has 0 aromatic rings.